The summed E-state index contributed by atoms with van der Waals surface area (Å²) in [6.45, 7) is 6.94. The Kier molecular flexibility index (Phi) is 6.39. The molecule has 1 aromatic heterocycles. The van der Waals surface area contributed by atoms with Crippen molar-refractivity contribution in [3.8, 4) is 0 Å². The number of nitrogens with one attached hydrogen (secondary N) is 1. The van der Waals surface area contributed by atoms with Gasteiger partial charge in [-0.15, -0.1) is 0 Å². The Bertz CT molecular complexity index is 664. The summed E-state index contributed by atoms with van der Waals surface area (Å²) in [5.41, 5.74) is 2.98. The highest BCUT2D eigenvalue weighted by molar-refractivity contribution is 5.67. The Morgan fingerprint density at radius 1 is 1.08 bits per heavy atom. The van der Waals surface area contributed by atoms with Crippen molar-refractivity contribution in [1.29, 1.82) is 0 Å². The summed E-state index contributed by atoms with van der Waals surface area (Å²) < 4.78 is 5.23. The molecular weight excluding hydrogens is 314 g/mol. The van der Waals surface area contributed by atoms with Crippen LogP contribution in [0.25, 0.3) is 0 Å². The first-order chi connectivity index (χ1) is 11.8. The minimum atomic E-state index is -0.481. The number of anilines is 1. The molecule has 5 nitrogen and oxygen atoms in total. The lowest BCUT2D eigenvalue weighted by Gasteiger charge is -2.20. The number of alkyl carbamates (subject to hydrolysis) is 1. The van der Waals surface area contributed by atoms with E-state index in [0.717, 1.165) is 24.2 Å². The third kappa shape index (κ3) is 6.83. The molecule has 0 aliphatic carbocycles. The SMILES string of the molecule is CN(CCc1ccncc1)c1ccc(CNC(=O)OC(C)(C)C)cc1. The Hall–Kier alpha value is -2.56. The van der Waals surface area contributed by atoms with E-state index in [-0.39, 0.29) is 0 Å². The Labute approximate surface area is 150 Å². The third-order valence-electron chi connectivity index (χ3n) is 3.70. The van der Waals surface area contributed by atoms with Gasteiger partial charge in [-0.25, -0.2) is 4.79 Å². The van der Waals surface area contributed by atoms with Gasteiger partial charge in [0.25, 0.3) is 0 Å². The maximum Gasteiger partial charge on any atom is 0.407 e. The van der Waals surface area contributed by atoms with Crippen molar-refractivity contribution in [3.63, 3.8) is 0 Å². The molecule has 1 N–H and O–H groups in total. The predicted octanol–water partition coefficient (Wildman–Crippen LogP) is 3.79. The van der Waals surface area contributed by atoms with Crippen molar-refractivity contribution in [2.24, 2.45) is 0 Å². The van der Waals surface area contributed by atoms with Gasteiger partial charge in [0.2, 0.25) is 0 Å². The number of hydrogen-bond donors (Lipinski definition) is 1. The van der Waals surface area contributed by atoms with Gasteiger partial charge in [0.1, 0.15) is 5.60 Å². The molecule has 0 bridgehead atoms. The topological polar surface area (TPSA) is 54.5 Å². The number of likely N-dealkylation sites (N-methyl/N-ethyl adjacent to an activating group) is 1. The normalized spacial score (nSPS) is 11.0. The van der Waals surface area contributed by atoms with Crippen LogP contribution in [0.4, 0.5) is 10.5 Å². The highest BCUT2D eigenvalue weighted by Crippen LogP contribution is 2.15. The van der Waals surface area contributed by atoms with Crippen molar-refractivity contribution < 1.29 is 9.53 Å². The zero-order chi connectivity index (χ0) is 18.3. The molecule has 0 spiro atoms. The molecule has 1 aromatic carbocycles. The number of aromatic nitrogens is 1. The Morgan fingerprint density at radius 3 is 2.32 bits per heavy atom. The van der Waals surface area contributed by atoms with E-state index in [1.54, 1.807) is 0 Å². The first kappa shape index (κ1) is 18.8. The van der Waals surface area contributed by atoms with Crippen LogP contribution < -0.4 is 10.2 Å². The van der Waals surface area contributed by atoms with Gasteiger partial charge in [0, 0.05) is 38.2 Å². The average Bonchev–Trinajstić information content (AvgIpc) is 2.58. The van der Waals surface area contributed by atoms with Gasteiger partial charge in [-0.1, -0.05) is 12.1 Å². The number of amides is 1. The quantitative estimate of drug-likeness (QED) is 0.869. The van der Waals surface area contributed by atoms with Gasteiger partial charge in [0.05, 0.1) is 0 Å². The Morgan fingerprint density at radius 2 is 1.72 bits per heavy atom. The molecule has 2 aromatic rings. The fourth-order valence-corrected chi connectivity index (χ4v) is 2.33. The maximum absolute atomic E-state index is 11.7. The van der Waals surface area contributed by atoms with E-state index < -0.39 is 11.7 Å². The molecule has 0 atom stereocenters. The van der Waals surface area contributed by atoms with Crippen LogP contribution in [0.15, 0.2) is 48.8 Å². The fourth-order valence-electron chi connectivity index (χ4n) is 2.33. The molecule has 0 fully saturated rings. The van der Waals surface area contributed by atoms with E-state index in [4.69, 9.17) is 4.74 Å². The van der Waals surface area contributed by atoms with Gasteiger partial charge in [-0.2, -0.15) is 0 Å². The molecule has 2 rings (SSSR count). The molecular formula is C20H27N3O2. The molecule has 0 radical (unpaired) electrons. The number of carbonyl (C=O) groups excluding carboxylic acids is 1. The molecule has 5 heteroatoms. The molecule has 0 unspecified atom stereocenters. The summed E-state index contributed by atoms with van der Waals surface area (Å²) in [6, 6.07) is 12.3. The average molecular weight is 341 g/mol. The van der Waals surface area contributed by atoms with Gasteiger partial charge >= 0.3 is 6.09 Å². The number of benzene rings is 1. The van der Waals surface area contributed by atoms with Crippen LogP contribution in [-0.4, -0.2) is 30.3 Å². The predicted molar refractivity (Wildman–Crippen MR) is 101 cm³/mol. The summed E-state index contributed by atoms with van der Waals surface area (Å²) >= 11 is 0. The van der Waals surface area contributed by atoms with Crippen molar-refractivity contribution in [1.82, 2.24) is 10.3 Å². The molecule has 0 aliphatic rings. The van der Waals surface area contributed by atoms with Crippen LogP contribution in [0.3, 0.4) is 0 Å². The number of carbonyl (C=O) groups is 1. The van der Waals surface area contributed by atoms with E-state index in [1.807, 2.05) is 57.4 Å². The Balaban J connectivity index is 1.81. The first-order valence-electron chi connectivity index (χ1n) is 8.49. The second-order valence-electron chi connectivity index (χ2n) is 7.05. The number of rotatable bonds is 6. The van der Waals surface area contributed by atoms with E-state index in [2.05, 4.69) is 34.4 Å². The summed E-state index contributed by atoms with van der Waals surface area (Å²) in [4.78, 5) is 17.9. The van der Waals surface area contributed by atoms with Crippen molar-refractivity contribution in [2.45, 2.75) is 39.3 Å². The minimum Gasteiger partial charge on any atom is -0.444 e. The van der Waals surface area contributed by atoms with Crippen LogP contribution in [0.2, 0.25) is 0 Å². The lowest BCUT2D eigenvalue weighted by atomic mass is 10.1. The van der Waals surface area contributed by atoms with Gasteiger partial charge in [0.15, 0.2) is 0 Å². The maximum atomic E-state index is 11.7. The van der Waals surface area contributed by atoms with Crippen LogP contribution in [-0.2, 0) is 17.7 Å². The third-order valence-corrected chi connectivity index (χ3v) is 3.70. The van der Waals surface area contributed by atoms with Gasteiger partial charge in [-0.05, 0) is 62.6 Å². The first-order valence-corrected chi connectivity index (χ1v) is 8.49. The van der Waals surface area contributed by atoms with Crippen LogP contribution in [0, 0.1) is 0 Å². The van der Waals surface area contributed by atoms with Gasteiger partial charge < -0.3 is 15.0 Å². The second kappa shape index (κ2) is 8.51. The monoisotopic (exact) mass is 341 g/mol. The lowest BCUT2D eigenvalue weighted by Crippen LogP contribution is -2.32. The molecule has 0 saturated carbocycles. The molecule has 0 saturated heterocycles. The summed E-state index contributed by atoms with van der Waals surface area (Å²) in [7, 11) is 2.08. The van der Waals surface area contributed by atoms with Crippen molar-refractivity contribution in [2.75, 3.05) is 18.5 Å². The molecule has 1 amide bonds. The van der Waals surface area contributed by atoms with E-state index in [9.17, 15) is 4.79 Å². The van der Waals surface area contributed by atoms with E-state index in [1.165, 1.54) is 5.56 Å². The van der Waals surface area contributed by atoms with Crippen molar-refractivity contribution >= 4 is 11.8 Å². The highest BCUT2D eigenvalue weighted by Gasteiger charge is 2.15. The van der Waals surface area contributed by atoms with Crippen LogP contribution in [0.5, 0.6) is 0 Å². The largest absolute Gasteiger partial charge is 0.444 e. The van der Waals surface area contributed by atoms with Crippen molar-refractivity contribution in [3.05, 3.63) is 59.9 Å². The molecule has 0 aliphatic heterocycles. The molecule has 1 heterocycles. The molecule has 25 heavy (non-hydrogen) atoms. The standard InChI is InChI=1S/C20H27N3O2/c1-20(2,3)25-19(24)22-15-17-5-7-18(8-6-17)23(4)14-11-16-9-12-21-13-10-16/h5-10,12-13H,11,14-15H2,1-4H3,(H,22,24). The lowest BCUT2D eigenvalue weighted by molar-refractivity contribution is 0.0523. The van der Waals surface area contributed by atoms with Crippen LogP contribution >= 0.6 is 0 Å². The number of nitrogens with zero attached hydrogens (tertiary/aromatic N) is 2. The zero-order valence-electron chi connectivity index (χ0n) is 15.5. The smallest absolute Gasteiger partial charge is 0.407 e. The summed E-state index contributed by atoms with van der Waals surface area (Å²) in [5, 5.41) is 2.77. The number of ether oxygens (including phenoxy) is 1. The van der Waals surface area contributed by atoms with Gasteiger partial charge in [-0.3, -0.25) is 4.98 Å². The molecule has 134 valence electrons. The summed E-state index contributed by atoms with van der Waals surface area (Å²) in [5.74, 6) is 0. The fraction of sp³-hybridized carbons (Fsp3) is 0.400. The van der Waals surface area contributed by atoms with E-state index in [0.29, 0.717) is 6.54 Å². The number of pyridine rings is 1. The number of hydrogen-bond acceptors (Lipinski definition) is 4. The summed E-state index contributed by atoms with van der Waals surface area (Å²) in [6.07, 6.45) is 4.22. The van der Waals surface area contributed by atoms with Crippen LogP contribution in [0.1, 0.15) is 31.9 Å². The van der Waals surface area contributed by atoms with E-state index >= 15 is 0 Å². The second-order valence-corrected chi connectivity index (χ2v) is 7.05. The minimum absolute atomic E-state index is 0.397. The highest BCUT2D eigenvalue weighted by atomic mass is 16.6. The zero-order valence-corrected chi connectivity index (χ0v) is 15.5.